The van der Waals surface area contributed by atoms with E-state index in [-0.39, 0.29) is 23.6 Å². The number of nitrogens with one attached hydrogen (secondary N) is 2. The Labute approximate surface area is 267 Å². The van der Waals surface area contributed by atoms with Crippen LogP contribution in [0, 0.1) is 17.8 Å². The van der Waals surface area contributed by atoms with E-state index in [2.05, 4.69) is 53.8 Å². The first-order chi connectivity index (χ1) is 21.8. The summed E-state index contributed by atoms with van der Waals surface area (Å²) in [5.41, 5.74) is 4.62. The monoisotopic (exact) mass is 717 g/mol. The summed E-state index contributed by atoms with van der Waals surface area (Å²) in [7, 11) is 0. The van der Waals surface area contributed by atoms with Crippen LogP contribution in [0.15, 0.2) is 28.0 Å². The minimum Gasteiger partial charge on any atom is -0.382 e. The molecule has 25 heteroatoms. The van der Waals surface area contributed by atoms with Gasteiger partial charge in [-0.05, 0) is 11.8 Å². The Morgan fingerprint density at radius 1 is 1.33 bits per heavy atom. The highest BCUT2D eigenvalue weighted by atomic mass is 32.7. The maximum absolute atomic E-state index is 15.9. The van der Waals surface area contributed by atoms with Crippen LogP contribution in [0.3, 0.4) is 0 Å². The fraction of sp³-hybridized carbons (Fsp3) is 0.524. The zero-order valence-electron chi connectivity index (χ0n) is 22.9. The van der Waals surface area contributed by atoms with Gasteiger partial charge in [-0.15, -0.1) is 11.5 Å². The molecule has 3 unspecified atom stereocenters. The number of terminal acetylenes is 1. The van der Waals surface area contributed by atoms with Crippen molar-refractivity contribution >= 4 is 72.3 Å². The molecule has 244 valence electrons. The molecule has 2 aromatic rings. The number of nitrogens with zero attached hydrogens (tertiary/aromatic N) is 8. The van der Waals surface area contributed by atoms with Gasteiger partial charge in [-0.3, -0.25) is 29.1 Å². The summed E-state index contributed by atoms with van der Waals surface area (Å²) >= 11 is 9.29. The number of amides is 1. The maximum Gasteiger partial charge on any atom is 0.386 e. The fourth-order valence-electron chi connectivity index (χ4n) is 5.40. The van der Waals surface area contributed by atoms with Crippen LogP contribution in [-0.2, 0) is 48.7 Å². The van der Waals surface area contributed by atoms with E-state index in [0.29, 0.717) is 5.65 Å². The van der Waals surface area contributed by atoms with E-state index >= 15 is 4.39 Å². The molecule has 2 aromatic heterocycles. The number of aliphatic imine (C=N–C) groups is 1. The van der Waals surface area contributed by atoms with E-state index in [1.807, 2.05) is 0 Å². The zero-order chi connectivity index (χ0) is 32.6. The van der Waals surface area contributed by atoms with Gasteiger partial charge in [-0.25, -0.2) is 23.9 Å². The summed E-state index contributed by atoms with van der Waals surface area (Å²) in [6.45, 7) is -10.1. The zero-order valence-corrected chi connectivity index (χ0v) is 26.4. The summed E-state index contributed by atoms with van der Waals surface area (Å²) in [6, 6.07) is -1.26. The summed E-state index contributed by atoms with van der Waals surface area (Å²) in [5.74, 6) is 1.15. The molecule has 5 aliphatic heterocycles. The van der Waals surface area contributed by atoms with Crippen molar-refractivity contribution in [2.45, 2.75) is 55.0 Å². The van der Waals surface area contributed by atoms with Crippen LogP contribution in [0.4, 0.5) is 10.2 Å². The van der Waals surface area contributed by atoms with Gasteiger partial charge in [0.05, 0.1) is 12.9 Å². The van der Waals surface area contributed by atoms with Crippen molar-refractivity contribution in [1.82, 2.24) is 29.8 Å². The number of ether oxygens (including phenoxy) is 2. The third-order valence-corrected chi connectivity index (χ3v) is 10.7. The number of amidine groups is 1. The number of guanidine groups is 1. The normalized spacial score (nSPS) is 41.1. The van der Waals surface area contributed by atoms with Crippen LogP contribution >= 0.6 is 25.8 Å². The molecule has 7 rings (SSSR count). The van der Waals surface area contributed by atoms with Gasteiger partial charge in [0.25, 0.3) is 5.91 Å². The molecule has 20 nitrogen and oxygen atoms in total. The Morgan fingerprint density at radius 2 is 2.13 bits per heavy atom. The van der Waals surface area contributed by atoms with E-state index in [1.165, 1.54) is 17.2 Å². The standard InChI is InChI=1S/C21H22FN11O9P2S2/c1-2-21-5-38-44(36,46)42-14-11(22)8(39-19(14)33-17-13(30-31-33)18(34)29-20(24)28-17)4-37-43(35,45)41-9(21)3-10(40-21)32-7-27-12-15(23)25-6-26-16(12)32/h1,6-11,13-14,19H,3-5H2,(H,35,45)(H,36,46)(H2,23,25,26)(H2,24,29,34)/t8-,9+,10-,11+,13?,14-,19-,21-,43?,44?/m1/s1. The lowest BCUT2D eigenvalue weighted by molar-refractivity contribution is -0.119. The number of aromatic nitrogens is 4. The number of nitrogens with two attached hydrogens (primary N) is 1. The average molecular weight is 718 g/mol. The van der Waals surface area contributed by atoms with Crippen molar-refractivity contribution in [3.63, 3.8) is 0 Å². The Hall–Kier alpha value is -3.00. The van der Waals surface area contributed by atoms with Crippen molar-refractivity contribution in [3.8, 4) is 12.3 Å². The van der Waals surface area contributed by atoms with Crippen LogP contribution in [0.5, 0.6) is 0 Å². The van der Waals surface area contributed by atoms with Crippen molar-refractivity contribution in [3.05, 3.63) is 12.7 Å². The minimum atomic E-state index is -4.53. The lowest BCUT2D eigenvalue weighted by Gasteiger charge is -2.32. The number of imidazole rings is 1. The van der Waals surface area contributed by atoms with Gasteiger partial charge < -0.3 is 29.1 Å². The van der Waals surface area contributed by atoms with Crippen molar-refractivity contribution in [2.75, 3.05) is 18.9 Å². The van der Waals surface area contributed by atoms with E-state index in [0.717, 1.165) is 5.01 Å². The second-order valence-electron chi connectivity index (χ2n) is 10.4. The van der Waals surface area contributed by atoms with Gasteiger partial charge in [0.15, 0.2) is 35.3 Å². The molecule has 3 fully saturated rings. The number of thiol groups is 1. The Bertz CT molecular complexity index is 1850. The van der Waals surface area contributed by atoms with Crippen LogP contribution in [0.2, 0.25) is 0 Å². The maximum atomic E-state index is 15.9. The second-order valence-corrected chi connectivity index (χ2v) is 16.0. The first-order valence-corrected chi connectivity index (χ1v) is 18.5. The number of carbonyl (C=O) groups excluding carboxylic acids is 1. The number of anilines is 1. The number of alkyl halides is 1. The number of nitrogen functional groups attached to an aromatic ring is 1. The molecule has 10 atom stereocenters. The Kier molecular flexibility index (Phi) is 7.77. The average Bonchev–Trinajstić information content (AvgIpc) is 3.76. The summed E-state index contributed by atoms with van der Waals surface area (Å²) < 4.78 is 65.5. The summed E-state index contributed by atoms with van der Waals surface area (Å²) in [5, 5.41) is 18.5. The first-order valence-electron chi connectivity index (χ1n) is 13.2. The molecule has 0 aromatic carbocycles. The molecule has 0 saturated carbocycles. The van der Waals surface area contributed by atoms with Crippen molar-refractivity contribution < 1.29 is 46.2 Å². The predicted octanol–water partition coefficient (Wildman–Crippen LogP) is 0.349. The SMILES string of the molecule is C#C[C@@]12COP(=O)(S)O[C@@H]3[C@@H](F)[C@@H](COP(O)(=S)O[C@H]1C[C@H](n1cnc4c(N)ncnc41)O2)O[C@H]3N1N=NC2C(=O)NC(=N)N=C21. The molecular formula is C21H22FN11O9P2S2. The largest absolute Gasteiger partial charge is 0.386 e. The molecule has 5 N–H and O–H groups in total. The molecule has 5 aliphatic rings. The molecule has 3 saturated heterocycles. The van der Waals surface area contributed by atoms with Crippen LogP contribution in [-0.4, -0.2) is 103 Å². The molecular weight excluding hydrogens is 695 g/mol. The fourth-order valence-corrected chi connectivity index (χ4v) is 8.31. The van der Waals surface area contributed by atoms with E-state index in [4.69, 9.17) is 56.9 Å². The first kappa shape index (κ1) is 31.6. The molecule has 0 spiro atoms. The lowest BCUT2D eigenvalue weighted by atomic mass is 9.99. The predicted molar refractivity (Wildman–Crippen MR) is 158 cm³/mol. The van der Waals surface area contributed by atoms with Crippen molar-refractivity contribution in [2.24, 2.45) is 15.3 Å². The van der Waals surface area contributed by atoms with Gasteiger partial charge in [-0.2, -0.15) is 10.0 Å². The van der Waals surface area contributed by atoms with Gasteiger partial charge in [0.1, 0.15) is 43.0 Å². The molecule has 0 aliphatic carbocycles. The summed E-state index contributed by atoms with van der Waals surface area (Å²) in [6.07, 6.45) is -0.658. The highest BCUT2D eigenvalue weighted by Gasteiger charge is 2.57. The number of hydrogen-bond donors (Lipinski definition) is 5. The molecule has 2 bridgehead atoms. The van der Waals surface area contributed by atoms with Gasteiger partial charge in [0.2, 0.25) is 12.0 Å². The van der Waals surface area contributed by atoms with Crippen LogP contribution in [0.1, 0.15) is 12.6 Å². The summed E-state index contributed by atoms with van der Waals surface area (Å²) in [4.78, 5) is 39.6. The molecule has 0 radical (unpaired) electrons. The topological polar surface area (TPSA) is 256 Å². The molecule has 46 heavy (non-hydrogen) atoms. The van der Waals surface area contributed by atoms with Crippen LogP contribution < -0.4 is 11.1 Å². The number of carbonyl (C=O) groups is 1. The van der Waals surface area contributed by atoms with Gasteiger partial charge >= 0.3 is 13.5 Å². The quantitative estimate of drug-likeness (QED) is 0.160. The highest BCUT2D eigenvalue weighted by molar-refractivity contribution is 8.44. The van der Waals surface area contributed by atoms with E-state index in [9.17, 15) is 14.3 Å². The van der Waals surface area contributed by atoms with Crippen molar-refractivity contribution in [1.29, 1.82) is 5.41 Å². The number of hydrogen-bond acceptors (Lipinski definition) is 17. The van der Waals surface area contributed by atoms with Crippen LogP contribution in [0.25, 0.3) is 11.2 Å². The lowest BCUT2D eigenvalue weighted by Crippen LogP contribution is -2.52. The van der Waals surface area contributed by atoms with E-state index in [1.54, 1.807) is 0 Å². The van der Waals surface area contributed by atoms with Gasteiger partial charge in [-0.1, -0.05) is 23.4 Å². The highest BCUT2D eigenvalue weighted by Crippen LogP contribution is 2.59. The number of fused-ring (bicyclic) bond motifs is 5. The van der Waals surface area contributed by atoms with E-state index < -0.39 is 87.2 Å². The molecule has 1 amide bonds. The minimum absolute atomic E-state index is 0.0643. The number of rotatable bonds is 2. The van der Waals surface area contributed by atoms with Gasteiger partial charge in [0, 0.05) is 6.42 Å². The third kappa shape index (κ3) is 5.42. The Morgan fingerprint density at radius 3 is 2.91 bits per heavy atom. The third-order valence-electron chi connectivity index (χ3n) is 7.55. The number of halogens is 1. The smallest absolute Gasteiger partial charge is 0.382 e. The molecule has 7 heterocycles. The Balaban J connectivity index is 1.20. The second kappa shape index (κ2) is 11.3.